The van der Waals surface area contributed by atoms with E-state index in [0.717, 1.165) is 32.8 Å². The molecule has 1 aromatic carbocycles. The molecule has 18 heavy (non-hydrogen) atoms. The highest BCUT2D eigenvalue weighted by Crippen LogP contribution is 2.26. The molecule has 1 heterocycles. The molecule has 6 nitrogen and oxygen atoms in total. The van der Waals surface area contributed by atoms with Crippen molar-refractivity contribution in [2.45, 2.75) is 6.42 Å². The van der Waals surface area contributed by atoms with Gasteiger partial charge in [-0.15, -0.1) is 0 Å². The average molecular weight is 251 g/mol. The maximum absolute atomic E-state index is 11.0. The van der Waals surface area contributed by atoms with Crippen molar-refractivity contribution in [1.29, 1.82) is 0 Å². The first kappa shape index (κ1) is 12.8. The minimum atomic E-state index is -0.399. The van der Waals surface area contributed by atoms with Crippen LogP contribution in [-0.4, -0.2) is 42.7 Å². The Labute approximate surface area is 105 Å². The van der Waals surface area contributed by atoms with Crippen molar-refractivity contribution in [1.82, 2.24) is 4.90 Å². The second-order valence-corrected chi connectivity index (χ2v) is 4.32. The fraction of sp³-hybridized carbons (Fsp3) is 0.500. The lowest BCUT2D eigenvalue weighted by Crippen LogP contribution is -2.37. The van der Waals surface area contributed by atoms with E-state index in [4.69, 9.17) is 10.5 Å². The van der Waals surface area contributed by atoms with Gasteiger partial charge in [-0.1, -0.05) is 12.1 Å². The van der Waals surface area contributed by atoms with Gasteiger partial charge in [-0.25, -0.2) is 0 Å². The number of nitrogens with two attached hydrogens (primary N) is 1. The summed E-state index contributed by atoms with van der Waals surface area (Å²) in [4.78, 5) is 12.8. The van der Waals surface area contributed by atoms with Crippen LogP contribution in [0, 0.1) is 10.1 Å². The standard InChI is InChI=1S/C12H17N3O3/c13-11-3-1-2-10(12(11)15(16)17)4-5-14-6-8-18-9-7-14/h1-3H,4-9,13H2. The molecule has 0 aliphatic carbocycles. The molecule has 2 N–H and O–H groups in total. The van der Waals surface area contributed by atoms with E-state index >= 15 is 0 Å². The third kappa shape index (κ3) is 2.96. The van der Waals surface area contributed by atoms with Crippen LogP contribution in [0.25, 0.3) is 0 Å². The molecule has 0 bridgehead atoms. The molecule has 0 unspecified atom stereocenters. The van der Waals surface area contributed by atoms with Crippen LogP contribution < -0.4 is 5.73 Å². The maximum atomic E-state index is 11.0. The molecule has 0 radical (unpaired) electrons. The molecule has 0 spiro atoms. The van der Waals surface area contributed by atoms with Gasteiger partial charge in [0.2, 0.25) is 0 Å². The number of rotatable bonds is 4. The highest BCUT2D eigenvalue weighted by atomic mass is 16.6. The molecule has 1 aliphatic heterocycles. The summed E-state index contributed by atoms with van der Waals surface area (Å²) in [5, 5.41) is 11.0. The Kier molecular flexibility index (Phi) is 4.11. The van der Waals surface area contributed by atoms with Crippen molar-refractivity contribution in [3.8, 4) is 0 Å². The summed E-state index contributed by atoms with van der Waals surface area (Å²) in [6, 6.07) is 5.10. The van der Waals surface area contributed by atoms with Gasteiger partial charge in [0.1, 0.15) is 5.69 Å². The number of benzene rings is 1. The highest BCUT2D eigenvalue weighted by molar-refractivity contribution is 5.62. The zero-order chi connectivity index (χ0) is 13.0. The molecule has 1 aromatic rings. The predicted molar refractivity (Wildman–Crippen MR) is 68.5 cm³/mol. The average Bonchev–Trinajstić information content (AvgIpc) is 2.37. The van der Waals surface area contributed by atoms with Crippen LogP contribution in [0.5, 0.6) is 0 Å². The zero-order valence-corrected chi connectivity index (χ0v) is 10.2. The van der Waals surface area contributed by atoms with Crippen LogP contribution in [0.2, 0.25) is 0 Å². The number of ether oxygens (including phenoxy) is 1. The van der Waals surface area contributed by atoms with Crippen LogP contribution in [0.1, 0.15) is 5.56 Å². The smallest absolute Gasteiger partial charge is 0.295 e. The van der Waals surface area contributed by atoms with Crippen LogP contribution >= 0.6 is 0 Å². The van der Waals surface area contributed by atoms with Gasteiger partial charge >= 0.3 is 0 Å². The van der Waals surface area contributed by atoms with Gasteiger partial charge in [0.25, 0.3) is 5.69 Å². The Hall–Kier alpha value is -1.66. The third-order valence-electron chi connectivity index (χ3n) is 3.13. The second kappa shape index (κ2) is 5.79. The van der Waals surface area contributed by atoms with Crippen molar-refractivity contribution >= 4 is 11.4 Å². The van der Waals surface area contributed by atoms with Crippen LogP contribution in [0.15, 0.2) is 18.2 Å². The molecule has 1 aliphatic rings. The largest absolute Gasteiger partial charge is 0.393 e. The number of nitrogen functional groups attached to an aromatic ring is 1. The summed E-state index contributed by atoms with van der Waals surface area (Å²) in [5.74, 6) is 0. The SMILES string of the molecule is Nc1cccc(CCN2CCOCC2)c1[N+](=O)[O-]. The van der Waals surface area contributed by atoms with Crippen molar-refractivity contribution < 1.29 is 9.66 Å². The predicted octanol–water partition coefficient (Wildman–Crippen LogP) is 1.05. The summed E-state index contributed by atoms with van der Waals surface area (Å²) in [6.07, 6.45) is 0.640. The van der Waals surface area contributed by atoms with Crippen LogP contribution in [0.3, 0.4) is 0 Å². The van der Waals surface area contributed by atoms with Crippen molar-refractivity contribution in [2.75, 3.05) is 38.6 Å². The van der Waals surface area contributed by atoms with E-state index in [9.17, 15) is 10.1 Å². The lowest BCUT2D eigenvalue weighted by Gasteiger charge is -2.26. The number of nitrogens with zero attached hydrogens (tertiary/aromatic N) is 2. The number of nitro benzene ring substituents is 1. The van der Waals surface area contributed by atoms with Crippen molar-refractivity contribution in [3.05, 3.63) is 33.9 Å². The topological polar surface area (TPSA) is 81.6 Å². The molecular formula is C12H17N3O3. The van der Waals surface area contributed by atoms with E-state index in [-0.39, 0.29) is 11.4 Å². The van der Waals surface area contributed by atoms with Crippen LogP contribution in [-0.2, 0) is 11.2 Å². The monoisotopic (exact) mass is 251 g/mol. The Bertz CT molecular complexity index is 431. The first-order valence-corrected chi connectivity index (χ1v) is 6.00. The van der Waals surface area contributed by atoms with Gasteiger partial charge in [0.05, 0.1) is 18.1 Å². The van der Waals surface area contributed by atoms with Gasteiger partial charge in [-0.3, -0.25) is 15.0 Å². The van der Waals surface area contributed by atoms with Gasteiger partial charge in [0, 0.05) is 25.2 Å². The summed E-state index contributed by atoms with van der Waals surface area (Å²) in [5.41, 5.74) is 6.64. The summed E-state index contributed by atoms with van der Waals surface area (Å²) in [6.45, 7) is 4.04. The van der Waals surface area contributed by atoms with E-state index in [1.54, 1.807) is 18.2 Å². The van der Waals surface area contributed by atoms with E-state index in [1.807, 2.05) is 0 Å². The Morgan fingerprint density at radius 1 is 1.39 bits per heavy atom. The maximum Gasteiger partial charge on any atom is 0.295 e. The normalized spacial score (nSPS) is 16.7. The van der Waals surface area contributed by atoms with Gasteiger partial charge in [-0.2, -0.15) is 0 Å². The second-order valence-electron chi connectivity index (χ2n) is 4.32. The molecule has 1 saturated heterocycles. The van der Waals surface area contributed by atoms with Gasteiger partial charge in [0.15, 0.2) is 0 Å². The molecule has 1 fully saturated rings. The quantitative estimate of drug-likeness (QED) is 0.491. The first-order chi connectivity index (χ1) is 8.68. The number of hydrogen-bond acceptors (Lipinski definition) is 5. The minimum Gasteiger partial charge on any atom is -0.393 e. The molecule has 0 saturated carbocycles. The number of anilines is 1. The number of para-hydroxylation sites is 1. The lowest BCUT2D eigenvalue weighted by molar-refractivity contribution is -0.384. The molecule has 6 heteroatoms. The summed E-state index contributed by atoms with van der Waals surface area (Å²) >= 11 is 0. The lowest BCUT2D eigenvalue weighted by atomic mass is 10.1. The van der Waals surface area contributed by atoms with E-state index < -0.39 is 4.92 Å². The Morgan fingerprint density at radius 2 is 2.11 bits per heavy atom. The molecule has 0 atom stereocenters. The zero-order valence-electron chi connectivity index (χ0n) is 10.2. The molecule has 98 valence electrons. The third-order valence-corrected chi connectivity index (χ3v) is 3.13. The van der Waals surface area contributed by atoms with Gasteiger partial charge in [-0.05, 0) is 12.5 Å². The number of morpholine rings is 1. The molecule has 2 rings (SSSR count). The molecule has 0 aromatic heterocycles. The molecular weight excluding hydrogens is 234 g/mol. The van der Waals surface area contributed by atoms with E-state index in [0.29, 0.717) is 12.0 Å². The first-order valence-electron chi connectivity index (χ1n) is 6.00. The van der Waals surface area contributed by atoms with Gasteiger partial charge < -0.3 is 10.5 Å². The minimum absolute atomic E-state index is 0.0470. The van der Waals surface area contributed by atoms with Crippen LogP contribution in [0.4, 0.5) is 11.4 Å². The Morgan fingerprint density at radius 3 is 2.78 bits per heavy atom. The van der Waals surface area contributed by atoms with E-state index in [1.165, 1.54) is 0 Å². The van der Waals surface area contributed by atoms with E-state index in [2.05, 4.69) is 4.90 Å². The Balaban J connectivity index is 2.04. The number of hydrogen-bond donors (Lipinski definition) is 1. The highest BCUT2D eigenvalue weighted by Gasteiger charge is 2.18. The summed E-state index contributed by atoms with van der Waals surface area (Å²) < 4.78 is 5.26. The fourth-order valence-corrected chi connectivity index (χ4v) is 2.14. The number of nitro groups is 1. The summed E-state index contributed by atoms with van der Waals surface area (Å²) in [7, 11) is 0. The molecule has 0 amide bonds. The van der Waals surface area contributed by atoms with Crippen molar-refractivity contribution in [3.63, 3.8) is 0 Å². The van der Waals surface area contributed by atoms with Crippen molar-refractivity contribution in [2.24, 2.45) is 0 Å². The fourth-order valence-electron chi connectivity index (χ4n) is 2.14.